The molecule has 0 spiro atoms. The summed E-state index contributed by atoms with van der Waals surface area (Å²) in [5.41, 5.74) is 8.41. The van der Waals surface area contributed by atoms with Gasteiger partial charge in [-0.25, -0.2) is 0 Å². The number of rotatable bonds is 5. The summed E-state index contributed by atoms with van der Waals surface area (Å²) < 4.78 is 0. The number of benzene rings is 1. The normalized spacial score (nSPS) is 19.5. The predicted molar refractivity (Wildman–Crippen MR) is 82.2 cm³/mol. The van der Waals surface area contributed by atoms with Crippen LogP contribution in [0, 0.1) is 0 Å². The summed E-state index contributed by atoms with van der Waals surface area (Å²) in [6.07, 6.45) is 3.99. The molecule has 1 unspecified atom stereocenters. The van der Waals surface area contributed by atoms with Crippen LogP contribution >= 0.6 is 0 Å². The number of hydrogen-bond acceptors (Lipinski definition) is 3. The van der Waals surface area contributed by atoms with Crippen molar-refractivity contribution in [2.45, 2.75) is 37.8 Å². The number of nitrogen functional groups attached to an aromatic ring is 1. The zero-order chi connectivity index (χ0) is 14.0. The van der Waals surface area contributed by atoms with E-state index in [0.717, 1.165) is 12.2 Å². The Kier molecular flexibility index (Phi) is 4.16. The van der Waals surface area contributed by atoms with Crippen molar-refractivity contribution in [2.75, 3.05) is 33.4 Å². The molecular formula is C16H27N3. The number of nitrogens with two attached hydrogens (primary N) is 1. The molecule has 3 nitrogen and oxygen atoms in total. The first-order valence-corrected chi connectivity index (χ1v) is 7.18. The maximum absolute atomic E-state index is 5.88. The van der Waals surface area contributed by atoms with Crippen LogP contribution in [0.5, 0.6) is 0 Å². The third-order valence-electron chi connectivity index (χ3n) is 4.83. The molecule has 0 amide bonds. The molecule has 1 fully saturated rings. The van der Waals surface area contributed by atoms with Gasteiger partial charge in [-0.2, -0.15) is 0 Å². The smallest absolute Gasteiger partial charge is 0.0330 e. The molecule has 1 aromatic rings. The van der Waals surface area contributed by atoms with E-state index in [-0.39, 0.29) is 0 Å². The third kappa shape index (κ3) is 2.93. The Morgan fingerprint density at radius 3 is 2.42 bits per heavy atom. The standard InChI is InChI=1S/C16H27N3/c1-13(14-7-5-8-15(17)11-14)19(4)12-16(18(2)3)9-6-10-16/h5,7-8,11,13H,6,9-10,12,17H2,1-4H3. The molecule has 0 saturated heterocycles. The lowest BCUT2D eigenvalue weighted by atomic mass is 9.75. The van der Waals surface area contributed by atoms with Crippen molar-refractivity contribution in [1.29, 1.82) is 0 Å². The van der Waals surface area contributed by atoms with Gasteiger partial charge >= 0.3 is 0 Å². The second-order valence-electron chi connectivity index (χ2n) is 6.23. The molecule has 0 heterocycles. The van der Waals surface area contributed by atoms with E-state index in [0.29, 0.717) is 11.6 Å². The van der Waals surface area contributed by atoms with E-state index in [2.05, 4.69) is 50.0 Å². The van der Waals surface area contributed by atoms with Gasteiger partial charge in [-0.3, -0.25) is 4.90 Å². The number of nitrogens with zero attached hydrogens (tertiary/aromatic N) is 2. The lowest BCUT2D eigenvalue weighted by Crippen LogP contribution is -2.56. The van der Waals surface area contributed by atoms with Gasteiger partial charge in [0.15, 0.2) is 0 Å². The van der Waals surface area contributed by atoms with Crippen molar-refractivity contribution in [1.82, 2.24) is 9.80 Å². The summed E-state index contributed by atoms with van der Waals surface area (Å²) in [4.78, 5) is 4.85. The van der Waals surface area contributed by atoms with E-state index in [1.807, 2.05) is 12.1 Å². The van der Waals surface area contributed by atoms with Crippen molar-refractivity contribution in [3.8, 4) is 0 Å². The molecule has 0 bridgehead atoms. The van der Waals surface area contributed by atoms with Crippen LogP contribution in [0.4, 0.5) is 5.69 Å². The van der Waals surface area contributed by atoms with Crippen molar-refractivity contribution in [2.24, 2.45) is 0 Å². The second kappa shape index (κ2) is 5.51. The minimum Gasteiger partial charge on any atom is -0.399 e. The molecule has 106 valence electrons. The minimum atomic E-state index is 0.378. The van der Waals surface area contributed by atoms with E-state index in [1.54, 1.807) is 0 Å². The highest BCUT2D eigenvalue weighted by Crippen LogP contribution is 2.38. The van der Waals surface area contributed by atoms with Crippen molar-refractivity contribution < 1.29 is 0 Å². The predicted octanol–water partition coefficient (Wildman–Crippen LogP) is 2.75. The first-order chi connectivity index (χ1) is 8.94. The minimum absolute atomic E-state index is 0.378. The van der Waals surface area contributed by atoms with Gasteiger partial charge in [-0.05, 0) is 65.0 Å². The maximum Gasteiger partial charge on any atom is 0.0330 e. The zero-order valence-electron chi connectivity index (χ0n) is 12.7. The first-order valence-electron chi connectivity index (χ1n) is 7.18. The summed E-state index contributed by atoms with van der Waals surface area (Å²) in [6, 6.07) is 8.65. The van der Waals surface area contributed by atoms with Crippen molar-refractivity contribution >= 4 is 5.69 Å². The lowest BCUT2D eigenvalue weighted by Gasteiger charge is -2.50. The SMILES string of the molecule is CC(c1cccc(N)c1)N(C)CC1(N(C)C)CCC1. The molecule has 19 heavy (non-hydrogen) atoms. The van der Waals surface area contributed by atoms with Gasteiger partial charge in [-0.1, -0.05) is 12.1 Å². The Balaban J connectivity index is 2.05. The van der Waals surface area contributed by atoms with Crippen LogP contribution in [0.15, 0.2) is 24.3 Å². The van der Waals surface area contributed by atoms with Gasteiger partial charge in [0.1, 0.15) is 0 Å². The highest BCUT2D eigenvalue weighted by atomic mass is 15.2. The molecule has 1 atom stereocenters. The first kappa shape index (κ1) is 14.4. The third-order valence-corrected chi connectivity index (χ3v) is 4.83. The Bertz CT molecular complexity index is 424. The van der Waals surface area contributed by atoms with Crippen LogP contribution in [-0.4, -0.2) is 43.0 Å². The van der Waals surface area contributed by atoms with Gasteiger partial charge in [0.05, 0.1) is 0 Å². The fourth-order valence-corrected chi connectivity index (χ4v) is 3.01. The molecule has 3 heteroatoms. The van der Waals surface area contributed by atoms with Crippen LogP contribution in [0.3, 0.4) is 0 Å². The van der Waals surface area contributed by atoms with E-state index < -0.39 is 0 Å². The van der Waals surface area contributed by atoms with E-state index in [1.165, 1.54) is 24.8 Å². The van der Waals surface area contributed by atoms with Gasteiger partial charge in [-0.15, -0.1) is 0 Å². The summed E-state index contributed by atoms with van der Waals surface area (Å²) in [5, 5.41) is 0. The van der Waals surface area contributed by atoms with E-state index >= 15 is 0 Å². The summed E-state index contributed by atoms with van der Waals surface area (Å²) in [7, 11) is 6.63. The fraction of sp³-hybridized carbons (Fsp3) is 0.625. The average Bonchev–Trinajstić information content (AvgIpc) is 2.32. The Morgan fingerprint density at radius 2 is 1.95 bits per heavy atom. The topological polar surface area (TPSA) is 32.5 Å². The fourth-order valence-electron chi connectivity index (χ4n) is 3.01. The van der Waals surface area contributed by atoms with E-state index in [9.17, 15) is 0 Å². The van der Waals surface area contributed by atoms with Crippen LogP contribution in [-0.2, 0) is 0 Å². The molecule has 0 aliphatic heterocycles. The van der Waals surface area contributed by atoms with Crippen LogP contribution in [0.25, 0.3) is 0 Å². The molecule has 0 radical (unpaired) electrons. The van der Waals surface area contributed by atoms with Gasteiger partial charge < -0.3 is 10.6 Å². The Labute approximate surface area is 117 Å². The molecular weight excluding hydrogens is 234 g/mol. The highest BCUT2D eigenvalue weighted by molar-refractivity contribution is 5.41. The highest BCUT2D eigenvalue weighted by Gasteiger charge is 2.40. The molecule has 0 aromatic heterocycles. The van der Waals surface area contributed by atoms with Gasteiger partial charge in [0.25, 0.3) is 0 Å². The van der Waals surface area contributed by atoms with Gasteiger partial charge in [0, 0.05) is 23.8 Å². The van der Waals surface area contributed by atoms with Crippen LogP contribution in [0.2, 0.25) is 0 Å². The van der Waals surface area contributed by atoms with Crippen LogP contribution in [0.1, 0.15) is 37.8 Å². The molecule has 1 aliphatic carbocycles. The molecule has 1 aliphatic rings. The summed E-state index contributed by atoms with van der Waals surface area (Å²) >= 11 is 0. The Hall–Kier alpha value is -1.06. The zero-order valence-corrected chi connectivity index (χ0v) is 12.7. The largest absolute Gasteiger partial charge is 0.399 e. The molecule has 1 saturated carbocycles. The number of hydrogen-bond donors (Lipinski definition) is 1. The van der Waals surface area contributed by atoms with Gasteiger partial charge in [0.2, 0.25) is 0 Å². The van der Waals surface area contributed by atoms with E-state index in [4.69, 9.17) is 5.73 Å². The molecule has 1 aromatic carbocycles. The number of likely N-dealkylation sites (N-methyl/N-ethyl adjacent to an activating group) is 2. The molecule has 2 rings (SSSR count). The monoisotopic (exact) mass is 261 g/mol. The van der Waals surface area contributed by atoms with Crippen LogP contribution < -0.4 is 5.73 Å². The van der Waals surface area contributed by atoms with Crippen molar-refractivity contribution in [3.05, 3.63) is 29.8 Å². The van der Waals surface area contributed by atoms with Crippen molar-refractivity contribution in [3.63, 3.8) is 0 Å². The average molecular weight is 261 g/mol. The molecule has 2 N–H and O–H groups in total. The maximum atomic E-state index is 5.88. The Morgan fingerprint density at radius 1 is 1.26 bits per heavy atom. The lowest BCUT2D eigenvalue weighted by molar-refractivity contribution is 0.0179. The summed E-state index contributed by atoms with van der Waals surface area (Å²) in [6.45, 7) is 3.38. The summed E-state index contributed by atoms with van der Waals surface area (Å²) in [5.74, 6) is 0. The number of anilines is 1. The quantitative estimate of drug-likeness (QED) is 0.827. The second-order valence-corrected chi connectivity index (χ2v) is 6.23.